The molecule has 0 spiro atoms. The van der Waals surface area contributed by atoms with E-state index >= 15 is 0 Å². The normalized spacial score (nSPS) is 11.2. The number of aromatic nitrogens is 1. The molecule has 0 bridgehead atoms. The molecule has 1 rings (SSSR count). The fraction of sp³-hybridized carbons (Fsp3) is 0.286. The van der Waals surface area contributed by atoms with Crippen molar-refractivity contribution in [3.05, 3.63) is 37.1 Å². The van der Waals surface area contributed by atoms with Crippen LogP contribution in [-0.2, 0) is 6.54 Å². The molecule has 1 heterocycles. The lowest BCUT2D eigenvalue weighted by molar-refractivity contribution is -0.404. The lowest BCUT2D eigenvalue weighted by atomic mass is 10.5. The molecule has 0 saturated carbocycles. The first-order valence-electron chi connectivity index (χ1n) is 3.99. The van der Waals surface area contributed by atoms with E-state index in [1.165, 1.54) is 11.3 Å². The molecule has 15 heavy (non-hydrogen) atoms. The van der Waals surface area contributed by atoms with Gasteiger partial charge >= 0.3 is 0 Å². The molecule has 82 valence electrons. The minimum atomic E-state index is -0.512. The summed E-state index contributed by atoms with van der Waals surface area (Å²) >= 11 is 4.71. The molecular weight excluding hydrogens is 284 g/mol. The van der Waals surface area contributed by atoms with Crippen LogP contribution in [0.5, 0.6) is 0 Å². The van der Waals surface area contributed by atoms with Crippen LogP contribution in [0, 0.1) is 10.1 Å². The quantitative estimate of drug-likeness (QED) is 0.631. The van der Waals surface area contributed by atoms with E-state index in [1.54, 1.807) is 13.2 Å². The van der Waals surface area contributed by atoms with Crippen molar-refractivity contribution >= 4 is 27.3 Å². The zero-order valence-electron chi connectivity index (χ0n) is 7.86. The van der Waals surface area contributed by atoms with Crippen LogP contribution in [0.25, 0.3) is 0 Å². The topological polar surface area (TPSA) is 80.1 Å². The maximum absolute atomic E-state index is 10.2. The maximum Gasteiger partial charge on any atom is 0.274 e. The van der Waals surface area contributed by atoms with Gasteiger partial charge < -0.3 is 10.6 Å². The fourth-order valence-corrected chi connectivity index (χ4v) is 2.15. The third-order valence-electron chi connectivity index (χ3n) is 1.48. The van der Waals surface area contributed by atoms with Gasteiger partial charge in [0.1, 0.15) is 0 Å². The zero-order valence-corrected chi connectivity index (χ0v) is 10.3. The second-order valence-electron chi connectivity index (χ2n) is 2.51. The predicted octanol–water partition coefficient (Wildman–Crippen LogP) is 1.29. The lowest BCUT2D eigenvalue weighted by Crippen LogP contribution is -2.23. The molecule has 0 aliphatic carbocycles. The molecule has 1 aromatic heterocycles. The van der Waals surface area contributed by atoms with Crippen molar-refractivity contribution in [2.75, 3.05) is 7.05 Å². The molecule has 0 aliphatic rings. The van der Waals surface area contributed by atoms with Gasteiger partial charge in [0, 0.05) is 18.1 Å². The molecule has 0 amide bonds. The highest BCUT2D eigenvalue weighted by molar-refractivity contribution is 9.11. The summed E-state index contributed by atoms with van der Waals surface area (Å²) in [7, 11) is 1.62. The van der Waals surface area contributed by atoms with Gasteiger partial charge in [0.05, 0.1) is 11.5 Å². The number of nitrogens with one attached hydrogen (secondary N) is 2. The maximum atomic E-state index is 10.2. The molecule has 2 N–H and O–H groups in total. The second-order valence-corrected chi connectivity index (χ2v) is 4.90. The molecule has 6 nitrogen and oxygen atoms in total. The Balaban J connectivity index is 2.51. The monoisotopic (exact) mass is 292 g/mol. The van der Waals surface area contributed by atoms with Crippen molar-refractivity contribution in [3.63, 3.8) is 0 Å². The molecule has 0 aliphatic heterocycles. The minimum absolute atomic E-state index is 0.365. The van der Waals surface area contributed by atoms with Gasteiger partial charge in [-0.05, 0) is 15.9 Å². The van der Waals surface area contributed by atoms with Crippen LogP contribution in [0.3, 0.4) is 0 Å². The molecule has 0 radical (unpaired) electrons. The van der Waals surface area contributed by atoms with Crippen molar-refractivity contribution in [2.45, 2.75) is 6.54 Å². The number of nitro groups is 1. The van der Waals surface area contributed by atoms with E-state index in [0.29, 0.717) is 12.4 Å². The van der Waals surface area contributed by atoms with E-state index in [-0.39, 0.29) is 0 Å². The van der Waals surface area contributed by atoms with E-state index in [9.17, 15) is 10.1 Å². The Labute approximate surface area is 98.7 Å². The van der Waals surface area contributed by atoms with Gasteiger partial charge in [-0.1, -0.05) is 0 Å². The average molecular weight is 293 g/mol. The van der Waals surface area contributed by atoms with Crippen LogP contribution >= 0.6 is 27.3 Å². The van der Waals surface area contributed by atoms with Crippen molar-refractivity contribution in [3.8, 4) is 0 Å². The van der Waals surface area contributed by atoms with Crippen molar-refractivity contribution in [2.24, 2.45) is 0 Å². The Kier molecular flexibility index (Phi) is 4.50. The van der Waals surface area contributed by atoms with Gasteiger partial charge in [-0.3, -0.25) is 10.1 Å². The van der Waals surface area contributed by atoms with Gasteiger partial charge in [0.25, 0.3) is 6.20 Å². The van der Waals surface area contributed by atoms with E-state index in [4.69, 9.17) is 0 Å². The second kappa shape index (κ2) is 5.66. The highest BCUT2D eigenvalue weighted by Crippen LogP contribution is 2.18. The Morgan fingerprint density at radius 2 is 2.60 bits per heavy atom. The third kappa shape index (κ3) is 4.26. The van der Waals surface area contributed by atoms with Crippen LogP contribution < -0.4 is 10.6 Å². The average Bonchev–Trinajstić information content (AvgIpc) is 2.58. The predicted molar refractivity (Wildman–Crippen MR) is 60.8 cm³/mol. The standard InChI is InChI=1S/C7H9BrN4O2S/c1-9-6(4-12(13)14)10-2-5-3-11-7(8)15-5/h3-4,9-10H,2H2,1H3. The summed E-state index contributed by atoms with van der Waals surface area (Å²) in [6, 6.07) is 0. The van der Waals surface area contributed by atoms with Crippen molar-refractivity contribution < 1.29 is 4.92 Å². The first-order chi connectivity index (χ1) is 7.11. The summed E-state index contributed by atoms with van der Waals surface area (Å²) in [5.41, 5.74) is 0. The van der Waals surface area contributed by atoms with Gasteiger partial charge in [-0.2, -0.15) is 0 Å². The molecule has 0 aromatic carbocycles. The van der Waals surface area contributed by atoms with Crippen molar-refractivity contribution in [1.82, 2.24) is 15.6 Å². The summed E-state index contributed by atoms with van der Waals surface area (Å²) < 4.78 is 0.795. The largest absolute Gasteiger partial charge is 0.370 e. The summed E-state index contributed by atoms with van der Waals surface area (Å²) in [5, 5.41) is 15.8. The molecule has 1 aromatic rings. The van der Waals surface area contributed by atoms with Gasteiger partial charge in [0.15, 0.2) is 9.74 Å². The Hall–Kier alpha value is -1.15. The molecular formula is C7H9BrN4O2S. The van der Waals surface area contributed by atoms with E-state index < -0.39 is 4.92 Å². The van der Waals surface area contributed by atoms with Gasteiger partial charge in [0.2, 0.25) is 0 Å². The van der Waals surface area contributed by atoms with Crippen LogP contribution in [0.4, 0.5) is 0 Å². The number of thiazole rings is 1. The van der Waals surface area contributed by atoms with Gasteiger partial charge in [-0.25, -0.2) is 4.98 Å². The van der Waals surface area contributed by atoms with Crippen LogP contribution in [0.1, 0.15) is 4.88 Å². The summed E-state index contributed by atoms with van der Waals surface area (Å²) in [5.74, 6) is 0.365. The van der Waals surface area contributed by atoms with Crippen LogP contribution in [-0.4, -0.2) is 17.0 Å². The zero-order chi connectivity index (χ0) is 11.3. The highest BCUT2D eigenvalue weighted by Gasteiger charge is 2.02. The number of halogens is 1. The Morgan fingerprint density at radius 3 is 3.07 bits per heavy atom. The van der Waals surface area contributed by atoms with Gasteiger partial charge in [-0.15, -0.1) is 11.3 Å². The molecule has 8 heteroatoms. The minimum Gasteiger partial charge on any atom is -0.370 e. The molecule has 0 atom stereocenters. The molecule has 0 unspecified atom stereocenters. The third-order valence-corrected chi connectivity index (χ3v) is 2.96. The number of hydrogen-bond acceptors (Lipinski definition) is 6. The fourth-order valence-electron chi connectivity index (χ4n) is 0.852. The van der Waals surface area contributed by atoms with Crippen molar-refractivity contribution in [1.29, 1.82) is 0 Å². The van der Waals surface area contributed by atoms with Crippen LogP contribution in [0.2, 0.25) is 0 Å². The summed E-state index contributed by atoms with van der Waals surface area (Å²) in [4.78, 5) is 14.7. The van der Waals surface area contributed by atoms with E-state index in [2.05, 4.69) is 31.5 Å². The Bertz CT molecular complexity index is 379. The number of rotatable bonds is 5. The summed E-state index contributed by atoms with van der Waals surface area (Å²) in [6.07, 6.45) is 2.59. The molecule has 0 fully saturated rings. The molecule has 0 saturated heterocycles. The highest BCUT2D eigenvalue weighted by atomic mass is 79.9. The van der Waals surface area contributed by atoms with Crippen LogP contribution in [0.15, 0.2) is 22.1 Å². The number of nitrogens with zero attached hydrogens (tertiary/aromatic N) is 2. The van der Waals surface area contributed by atoms with E-state index in [1.807, 2.05) is 0 Å². The Morgan fingerprint density at radius 1 is 1.87 bits per heavy atom. The summed E-state index contributed by atoms with van der Waals surface area (Å²) in [6.45, 7) is 0.504. The first-order valence-corrected chi connectivity index (χ1v) is 5.60. The van der Waals surface area contributed by atoms with E-state index in [0.717, 1.165) is 15.0 Å². The smallest absolute Gasteiger partial charge is 0.274 e. The lowest BCUT2D eigenvalue weighted by Gasteiger charge is -2.05. The number of hydrogen-bond donors (Lipinski definition) is 2. The SMILES string of the molecule is CNC(=C[N+](=O)[O-])NCc1cnc(Br)s1. The first kappa shape index (κ1) is 11.9.